The molecule has 74 heavy (non-hydrogen) atoms. The third-order valence-corrected chi connectivity index (χ3v) is 21.0. The summed E-state index contributed by atoms with van der Waals surface area (Å²) in [6.45, 7) is 37.1. The van der Waals surface area contributed by atoms with Gasteiger partial charge in [0.15, 0.2) is 0 Å². The molecule has 0 atom stereocenters. The second-order valence-electron chi connectivity index (χ2n) is 30.0. The number of allylic oxidation sites excluding steroid dienone is 4. The standard InChI is InChI=1S/C67H80B4N2S/c1-60(2,3)41-32-54-57-55(33-41)73(53-37-49-47(63(8,9)27-29-65(49,12)13)35-43(53)39-19-17-16-18-20-39)52-24-21-40(67(68,69)70)31-51(52)71(57)59-58(44-36-48-50(38-56(44)74-59)66(14,15)30-28-64(48,10)11)72(54)42-22-23-45-46(34-42)62(6,7)26-25-61(45,4)5/h16-17,19,22-23,31-38H,18,20,25-30,68-70H2,1-15H3. The topological polar surface area (TPSA) is 6.48 Å². The van der Waals surface area contributed by atoms with Crippen LogP contribution in [-0.4, -0.2) is 30.3 Å². The summed E-state index contributed by atoms with van der Waals surface area (Å²) < 4.78 is 2.85. The maximum Gasteiger partial charge on any atom is 0.265 e. The Morgan fingerprint density at radius 3 is 1.69 bits per heavy atom. The molecule has 376 valence electrons. The van der Waals surface area contributed by atoms with E-state index in [0.717, 1.165) is 24.9 Å². The highest BCUT2D eigenvalue weighted by atomic mass is 32.1. The van der Waals surface area contributed by atoms with Crippen LogP contribution in [0.25, 0.3) is 15.7 Å². The van der Waals surface area contributed by atoms with E-state index in [9.17, 15) is 0 Å². The average molecular weight is 989 g/mol. The first-order chi connectivity index (χ1) is 34.4. The van der Waals surface area contributed by atoms with Gasteiger partial charge >= 0.3 is 0 Å². The van der Waals surface area contributed by atoms with Gasteiger partial charge in [0.1, 0.15) is 0 Å². The summed E-state index contributed by atoms with van der Waals surface area (Å²) >= 11 is 2.07. The van der Waals surface area contributed by atoms with E-state index in [1.807, 2.05) is 0 Å². The van der Waals surface area contributed by atoms with E-state index in [4.69, 9.17) is 0 Å². The van der Waals surface area contributed by atoms with Gasteiger partial charge in [-0.15, -0.1) is 11.3 Å². The van der Waals surface area contributed by atoms with Crippen molar-refractivity contribution in [2.24, 2.45) is 0 Å². The lowest BCUT2D eigenvalue weighted by Crippen LogP contribution is -2.60. The van der Waals surface area contributed by atoms with E-state index in [0.29, 0.717) is 0 Å². The number of hydrogen-bond acceptors (Lipinski definition) is 3. The van der Waals surface area contributed by atoms with E-state index >= 15 is 0 Å². The van der Waals surface area contributed by atoms with Gasteiger partial charge in [0.25, 0.3) is 6.71 Å². The Bertz CT molecular complexity index is 3450. The second-order valence-corrected chi connectivity index (χ2v) is 31.0. The molecule has 0 unspecified atom stereocenters. The first kappa shape index (κ1) is 50.1. The van der Waals surface area contributed by atoms with Crippen molar-refractivity contribution in [3.05, 3.63) is 141 Å². The first-order valence-electron chi connectivity index (χ1n) is 28.5. The van der Waals surface area contributed by atoms with Crippen molar-refractivity contribution < 1.29 is 0 Å². The third-order valence-electron chi connectivity index (χ3n) is 19.8. The SMILES string of the molecule is BC(B)(B)c1c#cc2c(c1)B1c3sc4cc5c(cc4c3N(c3ccc4c(c3)C(C)(C)CCC4(C)C)c3cc(C(C)(C)C)cc(c31)N2c1cc2c(cc1C1=CC=CCC1)C(C)(C)CCC2(C)C)C(C)(C)CCC5(C)C. The fraction of sp³-hybridized carbons (Fsp3) is 0.463. The molecule has 0 spiro atoms. The Kier molecular flexibility index (Phi) is 10.8. The van der Waals surface area contributed by atoms with Crippen molar-refractivity contribution in [2.45, 2.75) is 198 Å². The predicted octanol–water partition coefficient (Wildman–Crippen LogP) is 13.7. The molecule has 3 heterocycles. The van der Waals surface area contributed by atoms with Gasteiger partial charge in [-0.25, -0.2) is 0 Å². The van der Waals surface area contributed by atoms with Crippen LogP contribution >= 0.6 is 11.3 Å². The Hall–Kier alpha value is -4.78. The summed E-state index contributed by atoms with van der Waals surface area (Å²) in [6.07, 6.45) is 16.2. The fourth-order valence-electron chi connectivity index (χ4n) is 14.4. The highest BCUT2D eigenvalue weighted by Crippen LogP contribution is 2.57. The van der Waals surface area contributed by atoms with Crippen molar-refractivity contribution in [3.8, 4) is 0 Å². The second kappa shape index (κ2) is 15.9. The minimum atomic E-state index is -0.139. The molecule has 6 aliphatic rings. The van der Waals surface area contributed by atoms with E-state index < -0.39 is 0 Å². The monoisotopic (exact) mass is 989 g/mol. The normalized spacial score (nSPS) is 21.1. The van der Waals surface area contributed by atoms with E-state index in [1.165, 1.54) is 142 Å². The van der Waals surface area contributed by atoms with Crippen LogP contribution in [-0.2, 0) is 43.0 Å². The molecule has 0 saturated heterocycles. The van der Waals surface area contributed by atoms with Gasteiger partial charge in [-0.05, 0) is 205 Å². The molecule has 0 N–H and O–H groups in total. The molecule has 2 aliphatic heterocycles. The number of anilines is 6. The van der Waals surface area contributed by atoms with E-state index in [1.54, 1.807) is 0 Å². The van der Waals surface area contributed by atoms with Gasteiger partial charge in [0, 0.05) is 37.5 Å². The highest BCUT2D eigenvalue weighted by Gasteiger charge is 2.49. The summed E-state index contributed by atoms with van der Waals surface area (Å²) in [5.41, 5.74) is 25.1. The maximum atomic E-state index is 4.05. The smallest absolute Gasteiger partial charge is 0.265 e. The molecule has 0 fully saturated rings. The predicted molar refractivity (Wildman–Crippen MR) is 332 cm³/mol. The molecule has 6 aromatic rings. The van der Waals surface area contributed by atoms with Crippen LogP contribution < -0.4 is 25.5 Å². The number of benzene rings is 4. The zero-order valence-electron chi connectivity index (χ0n) is 48.5. The van der Waals surface area contributed by atoms with E-state index in [2.05, 4.69) is 240 Å². The Balaban J connectivity index is 1.25. The lowest BCUT2D eigenvalue weighted by molar-refractivity contribution is 0.332. The van der Waals surface area contributed by atoms with Crippen molar-refractivity contribution >= 4 is 107 Å². The molecule has 0 amide bonds. The molecule has 0 bridgehead atoms. The van der Waals surface area contributed by atoms with Crippen molar-refractivity contribution in [1.29, 1.82) is 0 Å². The van der Waals surface area contributed by atoms with Gasteiger partial charge in [0.05, 0.1) is 40.6 Å². The summed E-state index contributed by atoms with van der Waals surface area (Å²) in [7, 11) is 7.05. The molecular weight excluding hydrogens is 908 g/mol. The van der Waals surface area contributed by atoms with Crippen LogP contribution in [0.4, 0.5) is 34.1 Å². The van der Waals surface area contributed by atoms with E-state index in [-0.39, 0.29) is 49.7 Å². The quantitative estimate of drug-likeness (QED) is 0.162. The van der Waals surface area contributed by atoms with Crippen LogP contribution in [0.5, 0.6) is 0 Å². The Labute approximate surface area is 453 Å². The molecule has 0 radical (unpaired) electrons. The minimum absolute atomic E-state index is 0.00445. The summed E-state index contributed by atoms with van der Waals surface area (Å²) in [5.74, 6) is 0. The van der Waals surface area contributed by atoms with Gasteiger partial charge in [-0.1, -0.05) is 145 Å². The molecule has 12 rings (SSSR count). The number of thiophene rings is 1. The summed E-state index contributed by atoms with van der Waals surface area (Å²) in [4.78, 5) is 5.48. The zero-order chi connectivity index (χ0) is 52.8. The van der Waals surface area contributed by atoms with Crippen molar-refractivity contribution in [2.75, 3.05) is 9.80 Å². The summed E-state index contributed by atoms with van der Waals surface area (Å²) in [6, 6.07) is 34.0. The van der Waals surface area contributed by atoms with Gasteiger partial charge < -0.3 is 9.80 Å². The van der Waals surface area contributed by atoms with Crippen LogP contribution in [0.2, 0.25) is 0 Å². The lowest BCUT2D eigenvalue weighted by Gasteiger charge is -2.46. The molecule has 5 aromatic carbocycles. The third kappa shape index (κ3) is 7.50. The zero-order valence-corrected chi connectivity index (χ0v) is 49.4. The molecule has 0 saturated carbocycles. The average Bonchev–Trinajstić information content (AvgIpc) is 3.70. The van der Waals surface area contributed by atoms with Crippen LogP contribution in [0.1, 0.15) is 205 Å². The number of hydrogen-bond donors (Lipinski definition) is 0. The largest absolute Gasteiger partial charge is 0.310 e. The van der Waals surface area contributed by atoms with Crippen molar-refractivity contribution in [3.63, 3.8) is 0 Å². The lowest BCUT2D eigenvalue weighted by atomic mass is 9.35. The first-order valence-corrected chi connectivity index (χ1v) is 29.3. The van der Waals surface area contributed by atoms with Crippen LogP contribution in [0, 0.1) is 12.1 Å². The number of fused-ring (bicyclic) bond motifs is 9. The van der Waals surface area contributed by atoms with Gasteiger partial charge in [-0.3, -0.25) is 0 Å². The van der Waals surface area contributed by atoms with Crippen LogP contribution in [0.3, 0.4) is 0 Å². The maximum absolute atomic E-state index is 4.05. The molecule has 4 aliphatic carbocycles. The number of nitrogens with zero attached hydrogens (tertiary/aromatic N) is 2. The molecular formula is C67H80B4N2S. The minimum Gasteiger partial charge on any atom is -0.310 e. The molecule has 1 aromatic heterocycles. The summed E-state index contributed by atoms with van der Waals surface area (Å²) in [5, 5.41) is 1.27. The van der Waals surface area contributed by atoms with Crippen molar-refractivity contribution in [1.82, 2.24) is 0 Å². The van der Waals surface area contributed by atoms with Crippen LogP contribution in [0.15, 0.2) is 78.9 Å². The highest BCUT2D eigenvalue weighted by molar-refractivity contribution is 7.33. The Morgan fingerprint density at radius 2 is 1.12 bits per heavy atom. The fourth-order valence-corrected chi connectivity index (χ4v) is 15.7. The van der Waals surface area contributed by atoms with Gasteiger partial charge in [0.2, 0.25) is 0 Å². The number of rotatable bonds is 4. The molecule has 2 nitrogen and oxygen atoms in total. The Morgan fingerprint density at radius 1 is 0.581 bits per heavy atom. The van der Waals surface area contributed by atoms with Gasteiger partial charge in [-0.2, -0.15) is 0 Å². The molecule has 7 heteroatoms.